The molecule has 2 atom stereocenters. The number of nitrogens with one attached hydrogen (secondary N) is 2. The fraction of sp³-hybridized carbons (Fsp3) is 0.562. The highest BCUT2D eigenvalue weighted by atomic mass is 16.7. The van der Waals surface area contributed by atoms with Crippen LogP contribution in [0, 0.1) is 5.92 Å². The molecule has 0 spiro atoms. The van der Waals surface area contributed by atoms with Gasteiger partial charge >= 0.3 is 0 Å². The summed E-state index contributed by atoms with van der Waals surface area (Å²) in [6.45, 7) is 6.55. The van der Waals surface area contributed by atoms with E-state index in [4.69, 9.17) is 9.47 Å². The second-order valence-electron chi connectivity index (χ2n) is 5.80. The second-order valence-corrected chi connectivity index (χ2v) is 5.80. The third-order valence-corrected chi connectivity index (χ3v) is 3.62. The van der Waals surface area contributed by atoms with Crippen LogP contribution in [0.5, 0.6) is 11.5 Å². The Morgan fingerprint density at radius 2 is 1.95 bits per heavy atom. The van der Waals surface area contributed by atoms with Crippen LogP contribution in [-0.2, 0) is 4.79 Å². The molecule has 0 radical (unpaired) electrons. The van der Waals surface area contributed by atoms with E-state index in [2.05, 4.69) is 24.5 Å². The van der Waals surface area contributed by atoms with Crippen LogP contribution < -0.4 is 20.1 Å². The van der Waals surface area contributed by atoms with Crippen LogP contribution in [0.4, 0.5) is 0 Å². The van der Waals surface area contributed by atoms with Gasteiger partial charge in [0.15, 0.2) is 11.5 Å². The van der Waals surface area contributed by atoms with Gasteiger partial charge < -0.3 is 14.8 Å². The summed E-state index contributed by atoms with van der Waals surface area (Å²) in [7, 11) is 1.67. The van der Waals surface area contributed by atoms with Crippen molar-refractivity contribution in [1.29, 1.82) is 0 Å². The van der Waals surface area contributed by atoms with Gasteiger partial charge in [0.25, 0.3) is 0 Å². The standard InChI is InChI=1S/C16H24N2O3/c1-10(2)7-13(16(19)17-4)18-11(3)12-5-6-14-15(8-12)21-9-20-14/h5-6,8,10-11,13,18H,7,9H2,1-4H3,(H,17,19). The zero-order chi connectivity index (χ0) is 15.4. The largest absolute Gasteiger partial charge is 0.454 e. The second kappa shape index (κ2) is 6.80. The van der Waals surface area contributed by atoms with Crippen LogP contribution >= 0.6 is 0 Å². The molecule has 1 amide bonds. The fourth-order valence-corrected chi connectivity index (χ4v) is 2.48. The topological polar surface area (TPSA) is 59.6 Å². The van der Waals surface area contributed by atoms with Crippen molar-refractivity contribution in [2.75, 3.05) is 13.8 Å². The summed E-state index contributed by atoms with van der Waals surface area (Å²) in [4.78, 5) is 12.0. The predicted octanol–water partition coefficient (Wildman–Crippen LogP) is 2.23. The molecule has 116 valence electrons. The molecule has 1 aromatic carbocycles. The number of amides is 1. The van der Waals surface area contributed by atoms with Crippen LogP contribution in [0.3, 0.4) is 0 Å². The smallest absolute Gasteiger partial charge is 0.236 e. The Morgan fingerprint density at radius 3 is 2.62 bits per heavy atom. The molecule has 21 heavy (non-hydrogen) atoms. The van der Waals surface area contributed by atoms with Crippen molar-refractivity contribution in [2.24, 2.45) is 5.92 Å². The van der Waals surface area contributed by atoms with E-state index >= 15 is 0 Å². The molecule has 1 heterocycles. The zero-order valence-corrected chi connectivity index (χ0v) is 13.1. The quantitative estimate of drug-likeness (QED) is 0.844. The van der Waals surface area contributed by atoms with Crippen LogP contribution in [-0.4, -0.2) is 25.8 Å². The Balaban J connectivity index is 2.07. The molecule has 1 aliphatic rings. The molecule has 0 aliphatic carbocycles. The molecule has 0 aromatic heterocycles. The molecule has 1 aliphatic heterocycles. The SMILES string of the molecule is CNC(=O)C(CC(C)C)NC(C)c1ccc2c(c1)OCO2. The lowest BCUT2D eigenvalue weighted by molar-refractivity contribution is -0.123. The summed E-state index contributed by atoms with van der Waals surface area (Å²) in [6.07, 6.45) is 0.800. The summed E-state index contributed by atoms with van der Waals surface area (Å²) in [5, 5.41) is 6.12. The van der Waals surface area contributed by atoms with Gasteiger partial charge in [-0.3, -0.25) is 10.1 Å². The first-order valence-electron chi connectivity index (χ1n) is 7.38. The first-order chi connectivity index (χ1) is 10.0. The van der Waals surface area contributed by atoms with Crippen molar-refractivity contribution < 1.29 is 14.3 Å². The number of carbonyl (C=O) groups is 1. The summed E-state index contributed by atoms with van der Waals surface area (Å²) < 4.78 is 10.7. The Morgan fingerprint density at radius 1 is 1.24 bits per heavy atom. The molecule has 5 nitrogen and oxygen atoms in total. The Hall–Kier alpha value is -1.75. The maximum Gasteiger partial charge on any atom is 0.236 e. The molecule has 0 saturated carbocycles. The minimum atomic E-state index is -0.199. The van der Waals surface area contributed by atoms with Gasteiger partial charge in [-0.25, -0.2) is 0 Å². The maximum atomic E-state index is 12.0. The van der Waals surface area contributed by atoms with E-state index in [1.54, 1.807) is 7.05 Å². The van der Waals surface area contributed by atoms with E-state index < -0.39 is 0 Å². The van der Waals surface area contributed by atoms with Gasteiger partial charge in [0.1, 0.15) is 0 Å². The first-order valence-corrected chi connectivity index (χ1v) is 7.38. The number of ether oxygens (including phenoxy) is 2. The lowest BCUT2D eigenvalue weighted by Crippen LogP contribution is -2.44. The van der Waals surface area contributed by atoms with E-state index in [0.717, 1.165) is 23.5 Å². The molecule has 0 bridgehead atoms. The Kier molecular flexibility index (Phi) is 5.07. The molecule has 0 fully saturated rings. The molecule has 2 N–H and O–H groups in total. The predicted molar refractivity (Wildman–Crippen MR) is 81.4 cm³/mol. The van der Waals surface area contributed by atoms with Gasteiger partial charge in [0.05, 0.1) is 6.04 Å². The van der Waals surface area contributed by atoms with Crippen molar-refractivity contribution in [1.82, 2.24) is 10.6 Å². The van der Waals surface area contributed by atoms with Crippen molar-refractivity contribution in [2.45, 2.75) is 39.3 Å². The van der Waals surface area contributed by atoms with Crippen LogP contribution in [0.25, 0.3) is 0 Å². The number of fused-ring (bicyclic) bond motifs is 1. The highest BCUT2D eigenvalue weighted by molar-refractivity contribution is 5.81. The fourth-order valence-electron chi connectivity index (χ4n) is 2.48. The number of hydrogen-bond acceptors (Lipinski definition) is 4. The highest BCUT2D eigenvalue weighted by Gasteiger charge is 2.22. The van der Waals surface area contributed by atoms with Crippen LogP contribution in [0.1, 0.15) is 38.8 Å². The molecule has 0 saturated heterocycles. The average Bonchev–Trinajstić information content (AvgIpc) is 2.92. The molecular weight excluding hydrogens is 268 g/mol. The van der Waals surface area contributed by atoms with Gasteiger partial charge in [-0.05, 0) is 37.0 Å². The third-order valence-electron chi connectivity index (χ3n) is 3.62. The minimum absolute atomic E-state index is 0.0243. The van der Waals surface area contributed by atoms with Crippen molar-refractivity contribution in [3.05, 3.63) is 23.8 Å². The van der Waals surface area contributed by atoms with Crippen LogP contribution in [0.2, 0.25) is 0 Å². The zero-order valence-electron chi connectivity index (χ0n) is 13.1. The normalized spacial score (nSPS) is 15.9. The summed E-state index contributed by atoms with van der Waals surface area (Å²) in [6, 6.07) is 5.74. The van der Waals surface area contributed by atoms with Gasteiger partial charge in [0.2, 0.25) is 12.7 Å². The van der Waals surface area contributed by atoms with Gasteiger partial charge in [-0.1, -0.05) is 19.9 Å². The van der Waals surface area contributed by atoms with Crippen molar-refractivity contribution in [3.63, 3.8) is 0 Å². The summed E-state index contributed by atoms with van der Waals surface area (Å²) >= 11 is 0. The van der Waals surface area contributed by atoms with Gasteiger partial charge in [-0.2, -0.15) is 0 Å². The lowest BCUT2D eigenvalue weighted by atomic mass is 10.0. The van der Waals surface area contributed by atoms with Gasteiger partial charge in [0, 0.05) is 13.1 Å². The van der Waals surface area contributed by atoms with E-state index in [0.29, 0.717) is 5.92 Å². The van der Waals surface area contributed by atoms with E-state index in [1.165, 1.54) is 0 Å². The number of hydrogen-bond donors (Lipinski definition) is 2. The molecule has 2 unspecified atom stereocenters. The summed E-state index contributed by atoms with van der Waals surface area (Å²) in [5.41, 5.74) is 1.08. The Bertz CT molecular complexity index is 502. The highest BCUT2D eigenvalue weighted by Crippen LogP contribution is 2.34. The van der Waals surface area contributed by atoms with Crippen LogP contribution in [0.15, 0.2) is 18.2 Å². The molecular formula is C16H24N2O3. The van der Waals surface area contributed by atoms with E-state index in [1.807, 2.05) is 25.1 Å². The molecule has 5 heteroatoms. The van der Waals surface area contributed by atoms with E-state index in [-0.39, 0.29) is 24.8 Å². The monoisotopic (exact) mass is 292 g/mol. The maximum absolute atomic E-state index is 12.0. The van der Waals surface area contributed by atoms with Crippen molar-refractivity contribution >= 4 is 5.91 Å². The van der Waals surface area contributed by atoms with Gasteiger partial charge in [-0.15, -0.1) is 0 Å². The lowest BCUT2D eigenvalue weighted by Gasteiger charge is -2.24. The average molecular weight is 292 g/mol. The molecule has 1 aromatic rings. The van der Waals surface area contributed by atoms with Crippen molar-refractivity contribution in [3.8, 4) is 11.5 Å². The summed E-state index contributed by atoms with van der Waals surface area (Å²) in [5.74, 6) is 2.01. The van der Waals surface area contributed by atoms with E-state index in [9.17, 15) is 4.79 Å². The number of benzene rings is 1. The molecule has 2 rings (SSSR count). The minimum Gasteiger partial charge on any atom is -0.454 e. The number of likely N-dealkylation sites (N-methyl/N-ethyl adjacent to an activating group) is 1. The number of carbonyl (C=O) groups excluding carboxylic acids is 1. The first kappa shape index (κ1) is 15.6. The number of rotatable bonds is 6. The third kappa shape index (κ3) is 3.88. The Labute approximate surface area is 126 Å².